The molecule has 1 aromatic heterocycles. The van der Waals surface area contributed by atoms with E-state index in [2.05, 4.69) is 41.5 Å². The highest BCUT2D eigenvalue weighted by atomic mass is 15.0. The lowest BCUT2D eigenvalue weighted by Crippen LogP contribution is -2.43. The number of nitrogens with one attached hydrogen (secondary N) is 1. The Balaban J connectivity index is 1.71. The first-order chi connectivity index (χ1) is 9.25. The van der Waals surface area contributed by atoms with Crippen molar-refractivity contribution in [3.8, 4) is 0 Å². The number of nitrogens with zero attached hydrogens (tertiary/aromatic N) is 1. The quantitative estimate of drug-likeness (QED) is 0.894. The lowest BCUT2D eigenvalue weighted by Gasteiger charge is -2.34. The number of rotatable bonds is 3. The summed E-state index contributed by atoms with van der Waals surface area (Å²) in [5, 5.41) is 6.26. The summed E-state index contributed by atoms with van der Waals surface area (Å²) >= 11 is 0. The lowest BCUT2D eigenvalue weighted by molar-refractivity contribution is 0.252. The number of fused-ring (bicyclic) bond motifs is 1. The average Bonchev–Trinajstić information content (AvgIpc) is 2.46. The minimum atomic E-state index is 0.339. The summed E-state index contributed by atoms with van der Waals surface area (Å²) in [6, 6.07) is 8.74. The van der Waals surface area contributed by atoms with E-state index in [1.165, 1.54) is 48.4 Å². The smallest absolute Gasteiger partial charge is 0.0346 e. The standard InChI is InChI=1S/C17H22N2/c1-17(8-3-2-4-9-17)19-12-14-5-6-16-13-18-10-7-15(16)11-14/h5-7,10-11,13,19H,2-4,8-9,12H2,1H3. The molecule has 19 heavy (non-hydrogen) atoms. The zero-order valence-electron chi connectivity index (χ0n) is 11.7. The molecule has 1 heterocycles. The van der Waals surface area contributed by atoms with Gasteiger partial charge in [-0.15, -0.1) is 0 Å². The lowest BCUT2D eigenvalue weighted by atomic mass is 9.83. The largest absolute Gasteiger partial charge is 0.307 e. The summed E-state index contributed by atoms with van der Waals surface area (Å²) in [4.78, 5) is 4.16. The van der Waals surface area contributed by atoms with Crippen molar-refractivity contribution in [1.29, 1.82) is 0 Å². The molecule has 2 heteroatoms. The molecule has 1 saturated carbocycles. The number of hydrogen-bond donors (Lipinski definition) is 1. The maximum absolute atomic E-state index is 4.16. The summed E-state index contributed by atoms with van der Waals surface area (Å²) in [6.07, 6.45) is 10.5. The average molecular weight is 254 g/mol. The first-order valence-electron chi connectivity index (χ1n) is 7.33. The molecule has 0 radical (unpaired) electrons. The third-order valence-corrected chi connectivity index (χ3v) is 4.38. The van der Waals surface area contributed by atoms with Crippen molar-refractivity contribution < 1.29 is 0 Å². The Kier molecular flexibility index (Phi) is 3.52. The summed E-state index contributed by atoms with van der Waals surface area (Å²) < 4.78 is 0. The predicted octanol–water partition coefficient (Wildman–Crippen LogP) is 4.05. The topological polar surface area (TPSA) is 24.9 Å². The molecular weight excluding hydrogens is 232 g/mol. The molecule has 1 aliphatic carbocycles. The van der Waals surface area contributed by atoms with E-state index < -0.39 is 0 Å². The summed E-state index contributed by atoms with van der Waals surface area (Å²) in [7, 11) is 0. The van der Waals surface area contributed by atoms with Crippen LogP contribution in [0, 0.1) is 0 Å². The van der Waals surface area contributed by atoms with Crippen LogP contribution in [0.4, 0.5) is 0 Å². The fourth-order valence-electron chi connectivity index (χ4n) is 3.07. The van der Waals surface area contributed by atoms with Gasteiger partial charge in [0.25, 0.3) is 0 Å². The highest BCUT2D eigenvalue weighted by Gasteiger charge is 2.25. The SMILES string of the molecule is CC1(NCc2ccc3cnccc3c2)CCCCC1. The van der Waals surface area contributed by atoms with Crippen LogP contribution in [0.25, 0.3) is 10.8 Å². The van der Waals surface area contributed by atoms with E-state index in [0.717, 1.165) is 6.54 Å². The second kappa shape index (κ2) is 5.30. The maximum atomic E-state index is 4.16. The van der Waals surface area contributed by atoms with Gasteiger partial charge in [0, 0.05) is 29.9 Å². The van der Waals surface area contributed by atoms with Gasteiger partial charge in [0.2, 0.25) is 0 Å². The Labute approximate surface area is 115 Å². The van der Waals surface area contributed by atoms with E-state index in [1.54, 1.807) is 0 Å². The molecule has 0 atom stereocenters. The van der Waals surface area contributed by atoms with Gasteiger partial charge in [0.05, 0.1) is 0 Å². The van der Waals surface area contributed by atoms with Gasteiger partial charge in [-0.1, -0.05) is 31.4 Å². The van der Waals surface area contributed by atoms with Crippen LogP contribution in [-0.4, -0.2) is 10.5 Å². The van der Waals surface area contributed by atoms with Crippen molar-refractivity contribution in [3.05, 3.63) is 42.2 Å². The fraction of sp³-hybridized carbons (Fsp3) is 0.471. The zero-order valence-corrected chi connectivity index (χ0v) is 11.7. The molecule has 100 valence electrons. The maximum Gasteiger partial charge on any atom is 0.0346 e. The van der Waals surface area contributed by atoms with Gasteiger partial charge in [-0.3, -0.25) is 4.98 Å². The molecule has 0 unspecified atom stereocenters. The van der Waals surface area contributed by atoms with Crippen LogP contribution in [0.15, 0.2) is 36.7 Å². The Morgan fingerprint density at radius 2 is 1.95 bits per heavy atom. The highest BCUT2D eigenvalue weighted by molar-refractivity contribution is 5.81. The van der Waals surface area contributed by atoms with Crippen LogP contribution in [0.1, 0.15) is 44.6 Å². The van der Waals surface area contributed by atoms with Crippen molar-refractivity contribution in [2.45, 2.75) is 51.1 Å². The van der Waals surface area contributed by atoms with Gasteiger partial charge >= 0.3 is 0 Å². The van der Waals surface area contributed by atoms with E-state index in [4.69, 9.17) is 0 Å². The Morgan fingerprint density at radius 3 is 2.79 bits per heavy atom. The van der Waals surface area contributed by atoms with Crippen molar-refractivity contribution in [1.82, 2.24) is 10.3 Å². The van der Waals surface area contributed by atoms with Gasteiger partial charge < -0.3 is 5.32 Å². The number of benzene rings is 1. The van der Waals surface area contributed by atoms with Crippen LogP contribution in [0.2, 0.25) is 0 Å². The van der Waals surface area contributed by atoms with E-state index in [1.807, 2.05) is 12.4 Å². The molecule has 0 aliphatic heterocycles. The van der Waals surface area contributed by atoms with Gasteiger partial charge in [-0.05, 0) is 42.8 Å². The predicted molar refractivity (Wildman–Crippen MR) is 80.1 cm³/mol. The molecular formula is C17H22N2. The van der Waals surface area contributed by atoms with Crippen LogP contribution in [0.5, 0.6) is 0 Å². The molecule has 0 amide bonds. The minimum absolute atomic E-state index is 0.339. The molecule has 0 spiro atoms. The van der Waals surface area contributed by atoms with Crippen molar-refractivity contribution in [3.63, 3.8) is 0 Å². The first-order valence-corrected chi connectivity index (χ1v) is 7.33. The monoisotopic (exact) mass is 254 g/mol. The second-order valence-electron chi connectivity index (χ2n) is 6.03. The van der Waals surface area contributed by atoms with Crippen molar-refractivity contribution >= 4 is 10.8 Å². The highest BCUT2D eigenvalue weighted by Crippen LogP contribution is 2.28. The number of aromatic nitrogens is 1. The second-order valence-corrected chi connectivity index (χ2v) is 6.03. The van der Waals surface area contributed by atoms with Gasteiger partial charge in [0.15, 0.2) is 0 Å². The normalized spacial score (nSPS) is 18.6. The third-order valence-electron chi connectivity index (χ3n) is 4.38. The van der Waals surface area contributed by atoms with Crippen LogP contribution in [-0.2, 0) is 6.54 Å². The summed E-state index contributed by atoms with van der Waals surface area (Å²) in [5.74, 6) is 0. The van der Waals surface area contributed by atoms with Crippen LogP contribution < -0.4 is 5.32 Å². The molecule has 1 N–H and O–H groups in total. The molecule has 1 aliphatic rings. The van der Waals surface area contributed by atoms with E-state index in [0.29, 0.717) is 5.54 Å². The Morgan fingerprint density at radius 1 is 1.11 bits per heavy atom. The van der Waals surface area contributed by atoms with Crippen LogP contribution >= 0.6 is 0 Å². The van der Waals surface area contributed by atoms with E-state index in [9.17, 15) is 0 Å². The fourth-order valence-corrected chi connectivity index (χ4v) is 3.07. The van der Waals surface area contributed by atoms with Gasteiger partial charge in [-0.25, -0.2) is 0 Å². The Hall–Kier alpha value is -1.41. The number of pyridine rings is 1. The summed E-state index contributed by atoms with van der Waals surface area (Å²) in [6.45, 7) is 3.34. The van der Waals surface area contributed by atoms with Crippen molar-refractivity contribution in [2.24, 2.45) is 0 Å². The molecule has 3 rings (SSSR count). The van der Waals surface area contributed by atoms with Crippen molar-refractivity contribution in [2.75, 3.05) is 0 Å². The molecule has 2 nitrogen and oxygen atoms in total. The number of hydrogen-bond acceptors (Lipinski definition) is 2. The first kappa shape index (κ1) is 12.6. The molecule has 0 saturated heterocycles. The molecule has 1 fully saturated rings. The molecule has 0 bridgehead atoms. The van der Waals surface area contributed by atoms with E-state index >= 15 is 0 Å². The zero-order chi connectivity index (χ0) is 13.1. The molecule has 1 aromatic carbocycles. The summed E-state index contributed by atoms with van der Waals surface area (Å²) in [5.41, 5.74) is 1.70. The van der Waals surface area contributed by atoms with Crippen LogP contribution in [0.3, 0.4) is 0 Å². The molecule has 2 aromatic rings. The van der Waals surface area contributed by atoms with Gasteiger partial charge in [0.1, 0.15) is 0 Å². The third kappa shape index (κ3) is 2.95. The van der Waals surface area contributed by atoms with E-state index in [-0.39, 0.29) is 0 Å². The Bertz CT molecular complexity index is 556. The minimum Gasteiger partial charge on any atom is -0.307 e. The van der Waals surface area contributed by atoms with Gasteiger partial charge in [-0.2, -0.15) is 0 Å².